The van der Waals surface area contributed by atoms with Gasteiger partial charge in [-0.25, -0.2) is 0 Å². The van der Waals surface area contributed by atoms with Crippen LogP contribution < -0.4 is 4.74 Å². The molecule has 1 aromatic carbocycles. The number of hydrogen-bond donors (Lipinski definition) is 0. The highest BCUT2D eigenvalue weighted by Crippen LogP contribution is 2.37. The van der Waals surface area contributed by atoms with Crippen LogP contribution in [-0.4, -0.2) is 29.4 Å². The SMILES string of the molecule is O=C(Oc1c(Cl)cc(Cl)cc1Cl)C1CC(=O)N(C2CCCC2)C1. The van der Waals surface area contributed by atoms with Crippen LogP contribution in [-0.2, 0) is 9.59 Å². The van der Waals surface area contributed by atoms with E-state index in [1.54, 1.807) is 0 Å². The van der Waals surface area contributed by atoms with E-state index in [2.05, 4.69) is 0 Å². The maximum Gasteiger partial charge on any atom is 0.316 e. The number of carbonyl (C=O) groups excluding carboxylic acids is 2. The summed E-state index contributed by atoms with van der Waals surface area (Å²) >= 11 is 17.9. The Bertz CT molecular complexity index is 620. The molecule has 1 heterocycles. The Kier molecular flexibility index (Phi) is 5.04. The molecule has 2 aliphatic rings. The fourth-order valence-corrected chi connectivity index (χ4v) is 4.16. The number of esters is 1. The summed E-state index contributed by atoms with van der Waals surface area (Å²) in [6.07, 6.45) is 4.49. The first-order valence-electron chi connectivity index (χ1n) is 7.61. The van der Waals surface area contributed by atoms with Crippen molar-refractivity contribution in [2.75, 3.05) is 6.54 Å². The molecule has 1 aliphatic heterocycles. The highest BCUT2D eigenvalue weighted by Gasteiger charge is 2.39. The van der Waals surface area contributed by atoms with Gasteiger partial charge in [0.05, 0.1) is 16.0 Å². The van der Waals surface area contributed by atoms with E-state index in [4.69, 9.17) is 39.5 Å². The lowest BCUT2D eigenvalue weighted by Gasteiger charge is -2.23. The molecular formula is C16H16Cl3NO3. The number of benzene rings is 1. The van der Waals surface area contributed by atoms with Gasteiger partial charge < -0.3 is 9.64 Å². The van der Waals surface area contributed by atoms with E-state index >= 15 is 0 Å². The zero-order chi connectivity index (χ0) is 16.6. The quantitative estimate of drug-likeness (QED) is 0.582. The lowest BCUT2D eigenvalue weighted by Crippen LogP contribution is -2.35. The smallest absolute Gasteiger partial charge is 0.316 e. The number of hydrogen-bond acceptors (Lipinski definition) is 3. The third-order valence-corrected chi connectivity index (χ3v) is 5.20. The van der Waals surface area contributed by atoms with E-state index in [0.717, 1.165) is 25.7 Å². The van der Waals surface area contributed by atoms with Crippen LogP contribution in [0.3, 0.4) is 0 Å². The molecular weight excluding hydrogens is 361 g/mol. The van der Waals surface area contributed by atoms with Crippen LogP contribution in [0.4, 0.5) is 0 Å². The van der Waals surface area contributed by atoms with Crippen molar-refractivity contribution in [3.8, 4) is 5.75 Å². The monoisotopic (exact) mass is 375 g/mol. The number of carbonyl (C=O) groups is 2. The summed E-state index contributed by atoms with van der Waals surface area (Å²) in [5, 5.41) is 0.712. The predicted octanol–water partition coefficient (Wildman–Crippen LogP) is 4.34. The van der Waals surface area contributed by atoms with Gasteiger partial charge in [0.25, 0.3) is 0 Å². The van der Waals surface area contributed by atoms with Crippen LogP contribution in [0.15, 0.2) is 12.1 Å². The van der Waals surface area contributed by atoms with Gasteiger partial charge in [-0.2, -0.15) is 0 Å². The van der Waals surface area contributed by atoms with Gasteiger partial charge >= 0.3 is 5.97 Å². The molecule has 0 aromatic heterocycles. The highest BCUT2D eigenvalue weighted by atomic mass is 35.5. The zero-order valence-electron chi connectivity index (χ0n) is 12.4. The summed E-state index contributed by atoms with van der Waals surface area (Å²) in [6.45, 7) is 0.408. The van der Waals surface area contributed by atoms with Gasteiger partial charge in [0.15, 0.2) is 5.75 Å². The average Bonchev–Trinajstić information content (AvgIpc) is 3.11. The van der Waals surface area contributed by atoms with Crippen molar-refractivity contribution in [3.05, 3.63) is 27.2 Å². The molecule has 1 saturated carbocycles. The van der Waals surface area contributed by atoms with E-state index in [9.17, 15) is 9.59 Å². The Hall–Kier alpha value is -0.970. The molecule has 0 N–H and O–H groups in total. The summed E-state index contributed by atoms with van der Waals surface area (Å²) in [6, 6.07) is 3.19. The van der Waals surface area contributed by atoms with Crippen LogP contribution in [0.1, 0.15) is 32.1 Å². The van der Waals surface area contributed by atoms with Gasteiger partial charge in [0, 0.05) is 24.0 Å². The Balaban J connectivity index is 1.69. The largest absolute Gasteiger partial charge is 0.423 e. The second-order valence-corrected chi connectivity index (χ2v) is 7.26. The van der Waals surface area contributed by atoms with Gasteiger partial charge in [-0.1, -0.05) is 47.6 Å². The van der Waals surface area contributed by atoms with Gasteiger partial charge in [0.2, 0.25) is 5.91 Å². The fourth-order valence-electron chi connectivity index (χ4n) is 3.27. The highest BCUT2D eigenvalue weighted by molar-refractivity contribution is 6.40. The molecule has 1 aromatic rings. The predicted molar refractivity (Wildman–Crippen MR) is 89.2 cm³/mol. The normalized spacial score (nSPS) is 22.0. The number of likely N-dealkylation sites (tertiary alicyclic amines) is 1. The van der Waals surface area contributed by atoms with E-state index in [1.165, 1.54) is 12.1 Å². The van der Waals surface area contributed by atoms with Crippen molar-refractivity contribution >= 4 is 46.7 Å². The minimum atomic E-state index is -0.482. The minimum Gasteiger partial charge on any atom is -0.423 e. The van der Waals surface area contributed by atoms with E-state index in [-0.39, 0.29) is 34.2 Å². The second-order valence-electron chi connectivity index (χ2n) is 6.01. The molecule has 3 rings (SSSR count). The molecule has 0 radical (unpaired) electrons. The molecule has 4 nitrogen and oxygen atoms in total. The first kappa shape index (κ1) is 16.9. The third kappa shape index (κ3) is 3.59. The fraction of sp³-hybridized carbons (Fsp3) is 0.500. The average molecular weight is 377 g/mol. The summed E-state index contributed by atoms with van der Waals surface area (Å²) in [5.74, 6) is -0.850. The van der Waals surface area contributed by atoms with Gasteiger partial charge in [0.1, 0.15) is 0 Å². The van der Waals surface area contributed by atoms with E-state index < -0.39 is 11.9 Å². The second kappa shape index (κ2) is 6.88. The van der Waals surface area contributed by atoms with Crippen LogP contribution in [0.2, 0.25) is 15.1 Å². The molecule has 0 bridgehead atoms. The lowest BCUT2D eigenvalue weighted by atomic mass is 10.1. The molecule has 23 heavy (non-hydrogen) atoms. The first-order valence-corrected chi connectivity index (χ1v) is 8.75. The van der Waals surface area contributed by atoms with E-state index in [0.29, 0.717) is 11.6 Å². The molecule has 1 unspecified atom stereocenters. The lowest BCUT2D eigenvalue weighted by molar-refractivity contribution is -0.139. The van der Waals surface area contributed by atoms with Gasteiger partial charge in [-0.05, 0) is 25.0 Å². The number of ether oxygens (including phenoxy) is 1. The van der Waals surface area contributed by atoms with Crippen LogP contribution >= 0.6 is 34.8 Å². The number of nitrogens with zero attached hydrogens (tertiary/aromatic N) is 1. The maximum atomic E-state index is 12.4. The molecule has 2 fully saturated rings. The summed E-state index contributed by atoms with van der Waals surface area (Å²) in [5.41, 5.74) is 0. The van der Waals surface area contributed by atoms with Crippen molar-refractivity contribution in [1.82, 2.24) is 4.90 Å². The zero-order valence-corrected chi connectivity index (χ0v) is 14.6. The maximum absolute atomic E-state index is 12.4. The number of halogens is 3. The topological polar surface area (TPSA) is 46.6 Å². The van der Waals surface area contributed by atoms with Crippen molar-refractivity contribution < 1.29 is 14.3 Å². The summed E-state index contributed by atoms with van der Waals surface area (Å²) in [7, 11) is 0. The van der Waals surface area contributed by atoms with Crippen molar-refractivity contribution in [2.45, 2.75) is 38.1 Å². The van der Waals surface area contributed by atoms with Gasteiger partial charge in [-0.15, -0.1) is 0 Å². The van der Waals surface area contributed by atoms with Gasteiger partial charge in [-0.3, -0.25) is 9.59 Å². The van der Waals surface area contributed by atoms with Crippen molar-refractivity contribution in [3.63, 3.8) is 0 Å². The molecule has 1 saturated heterocycles. The standard InChI is InChI=1S/C16H16Cl3NO3/c17-10-6-12(18)15(13(19)7-10)23-16(22)9-5-14(21)20(8-9)11-3-1-2-4-11/h6-7,9,11H,1-5,8H2. The Morgan fingerprint density at radius 1 is 1.13 bits per heavy atom. The summed E-state index contributed by atoms with van der Waals surface area (Å²) < 4.78 is 5.33. The number of rotatable bonds is 3. The van der Waals surface area contributed by atoms with Crippen molar-refractivity contribution in [2.24, 2.45) is 5.92 Å². The molecule has 1 aliphatic carbocycles. The minimum absolute atomic E-state index is 0.0205. The van der Waals surface area contributed by atoms with Crippen LogP contribution in [0.5, 0.6) is 5.75 Å². The number of amides is 1. The first-order chi connectivity index (χ1) is 11.0. The van der Waals surface area contributed by atoms with Crippen LogP contribution in [0, 0.1) is 5.92 Å². The molecule has 1 atom stereocenters. The third-order valence-electron chi connectivity index (χ3n) is 4.42. The Morgan fingerprint density at radius 2 is 1.74 bits per heavy atom. The van der Waals surface area contributed by atoms with Crippen molar-refractivity contribution in [1.29, 1.82) is 0 Å². The van der Waals surface area contributed by atoms with Crippen LogP contribution in [0.25, 0.3) is 0 Å². The Morgan fingerprint density at radius 3 is 2.35 bits per heavy atom. The van der Waals surface area contributed by atoms with E-state index in [1.807, 2.05) is 4.90 Å². The Labute approximate surface area is 149 Å². The summed E-state index contributed by atoms with van der Waals surface area (Å²) in [4.78, 5) is 26.3. The molecule has 7 heteroatoms. The molecule has 0 spiro atoms. The molecule has 124 valence electrons. The molecule has 1 amide bonds.